The van der Waals surface area contributed by atoms with Gasteiger partial charge in [0.15, 0.2) is 0 Å². The predicted octanol–water partition coefficient (Wildman–Crippen LogP) is -5.15. The zero-order valence-electron chi connectivity index (χ0n) is 18.0. The summed E-state index contributed by atoms with van der Waals surface area (Å²) in [5, 5.41) is 22.0. The average molecular weight is 492 g/mol. The summed E-state index contributed by atoms with van der Waals surface area (Å²) < 4.78 is 0. The van der Waals surface area contributed by atoms with Gasteiger partial charge >= 0.3 is 5.97 Å². The van der Waals surface area contributed by atoms with Gasteiger partial charge in [-0.3, -0.25) is 33.6 Å². The predicted molar refractivity (Wildman–Crippen MR) is 117 cm³/mol. The van der Waals surface area contributed by atoms with Crippen LogP contribution < -0.4 is 37.6 Å². The van der Waals surface area contributed by atoms with E-state index in [1.807, 2.05) is 0 Å². The molecule has 0 fully saturated rings. The van der Waals surface area contributed by atoms with Crippen LogP contribution in [0.4, 0.5) is 0 Å². The van der Waals surface area contributed by atoms with Crippen molar-refractivity contribution in [3.8, 4) is 0 Å². The molecule has 0 rings (SSSR count). The van der Waals surface area contributed by atoms with E-state index in [0.717, 1.165) is 0 Å². The highest BCUT2D eigenvalue weighted by atomic mass is 32.2. The highest BCUT2D eigenvalue weighted by Gasteiger charge is 2.21. The smallest absolute Gasteiger partial charge is 0.322 e. The molecule has 186 valence electrons. The number of amides is 6. The molecule has 0 spiro atoms. The van der Waals surface area contributed by atoms with Crippen LogP contribution in [0.3, 0.4) is 0 Å². The second-order valence-electron chi connectivity index (χ2n) is 6.32. The molecule has 0 saturated heterocycles. The van der Waals surface area contributed by atoms with Crippen molar-refractivity contribution in [1.82, 2.24) is 31.9 Å². The fourth-order valence-corrected chi connectivity index (χ4v) is 2.48. The average Bonchev–Trinajstić information content (AvgIpc) is 2.79. The van der Waals surface area contributed by atoms with Gasteiger partial charge in [-0.25, -0.2) is 0 Å². The van der Waals surface area contributed by atoms with Gasteiger partial charge in [0.25, 0.3) is 0 Å². The van der Waals surface area contributed by atoms with Gasteiger partial charge in [0.05, 0.1) is 32.7 Å². The Morgan fingerprint density at radius 2 is 1.18 bits per heavy atom. The van der Waals surface area contributed by atoms with Gasteiger partial charge in [0, 0.05) is 0 Å². The number of carboxylic acids is 1. The summed E-state index contributed by atoms with van der Waals surface area (Å²) in [5.41, 5.74) is 5.09. The summed E-state index contributed by atoms with van der Waals surface area (Å²) in [7, 11) is 0. The summed E-state index contributed by atoms with van der Waals surface area (Å²) in [6, 6.07) is -0.981. The normalized spacial score (nSPS) is 10.8. The Morgan fingerprint density at radius 1 is 0.727 bits per heavy atom. The van der Waals surface area contributed by atoms with E-state index in [2.05, 4.69) is 31.9 Å². The number of hydrogen-bond acceptors (Lipinski definition) is 9. The maximum absolute atomic E-state index is 12.3. The zero-order chi connectivity index (χ0) is 25.2. The lowest BCUT2D eigenvalue weighted by atomic mass is 10.2. The Kier molecular flexibility index (Phi) is 15.4. The van der Waals surface area contributed by atoms with Crippen molar-refractivity contribution < 1.29 is 38.7 Å². The molecule has 0 aliphatic heterocycles. The number of aliphatic carboxylic acids is 1. The Morgan fingerprint density at radius 3 is 1.67 bits per heavy atom. The lowest BCUT2D eigenvalue weighted by Gasteiger charge is -2.18. The molecule has 6 amide bonds. The summed E-state index contributed by atoms with van der Waals surface area (Å²) in [6.07, 6.45) is 2.05. The lowest BCUT2D eigenvalue weighted by molar-refractivity contribution is -0.137. The molecular formula is C17H29N7O8S. The first-order chi connectivity index (χ1) is 15.6. The number of rotatable bonds is 16. The van der Waals surface area contributed by atoms with Gasteiger partial charge in [0.1, 0.15) is 12.6 Å². The van der Waals surface area contributed by atoms with Crippen LogP contribution >= 0.6 is 11.8 Å². The zero-order valence-corrected chi connectivity index (χ0v) is 18.8. The van der Waals surface area contributed by atoms with Crippen LogP contribution in [-0.2, 0) is 33.6 Å². The van der Waals surface area contributed by atoms with Crippen molar-refractivity contribution in [3.63, 3.8) is 0 Å². The third-order valence-electron chi connectivity index (χ3n) is 3.65. The van der Waals surface area contributed by atoms with E-state index in [0.29, 0.717) is 5.75 Å². The van der Waals surface area contributed by atoms with Gasteiger partial charge in [-0.2, -0.15) is 11.8 Å². The molecule has 15 nitrogen and oxygen atoms in total. The standard InChI is InChI=1S/C17H29N7O8S/c1-33-3-2-10(24-15(29)8-21-12(26)5-19-11(25)4-18)17(32)23-7-14(28)20-6-13(27)22-9-16(30)31/h10H,2-9,18H2,1H3,(H,19,25)(H,20,28)(H,21,26)(H,22,27)(H,23,32)(H,24,29)(H,30,31)/t10-/m0/s1. The molecule has 0 aliphatic carbocycles. The van der Waals surface area contributed by atoms with E-state index in [9.17, 15) is 33.6 Å². The quantitative estimate of drug-likeness (QED) is 0.102. The number of nitrogens with one attached hydrogen (secondary N) is 6. The fraction of sp³-hybridized carbons (Fsp3) is 0.588. The highest BCUT2D eigenvalue weighted by molar-refractivity contribution is 7.98. The minimum absolute atomic E-state index is 0.248. The molecule has 9 N–H and O–H groups in total. The molecule has 1 atom stereocenters. The second-order valence-corrected chi connectivity index (χ2v) is 7.31. The second kappa shape index (κ2) is 17.2. The first-order valence-corrected chi connectivity index (χ1v) is 11.0. The van der Waals surface area contributed by atoms with E-state index < -0.39 is 73.6 Å². The van der Waals surface area contributed by atoms with Crippen LogP contribution in [0.2, 0.25) is 0 Å². The number of nitrogens with two attached hydrogens (primary N) is 1. The third kappa shape index (κ3) is 16.0. The van der Waals surface area contributed by atoms with Crippen molar-refractivity contribution in [2.24, 2.45) is 5.73 Å². The summed E-state index contributed by atoms with van der Waals surface area (Å²) >= 11 is 1.43. The fourth-order valence-electron chi connectivity index (χ4n) is 2.01. The molecule has 0 aromatic rings. The van der Waals surface area contributed by atoms with E-state index in [4.69, 9.17) is 10.8 Å². The minimum Gasteiger partial charge on any atom is -0.480 e. The minimum atomic E-state index is -1.24. The Hall–Kier alpha value is -3.40. The SMILES string of the molecule is CSCC[C@H](NC(=O)CNC(=O)CNC(=O)CN)C(=O)NCC(=O)NCC(=O)NCC(=O)O. The molecule has 0 radical (unpaired) electrons. The van der Waals surface area contributed by atoms with Gasteiger partial charge in [-0.05, 0) is 18.4 Å². The maximum Gasteiger partial charge on any atom is 0.322 e. The number of thioether (sulfide) groups is 1. The molecular weight excluding hydrogens is 462 g/mol. The molecule has 0 unspecified atom stereocenters. The van der Waals surface area contributed by atoms with Gasteiger partial charge < -0.3 is 42.7 Å². The Labute approximate surface area is 193 Å². The van der Waals surface area contributed by atoms with Crippen LogP contribution in [-0.4, -0.2) is 104 Å². The van der Waals surface area contributed by atoms with Crippen LogP contribution in [0.5, 0.6) is 0 Å². The van der Waals surface area contributed by atoms with Gasteiger partial charge in [0.2, 0.25) is 35.4 Å². The number of hydrogen-bond donors (Lipinski definition) is 8. The van der Waals surface area contributed by atoms with Crippen LogP contribution in [0, 0.1) is 0 Å². The molecule has 33 heavy (non-hydrogen) atoms. The monoisotopic (exact) mass is 491 g/mol. The summed E-state index contributed by atoms with van der Waals surface area (Å²) in [4.78, 5) is 80.5. The molecule has 0 aromatic carbocycles. The van der Waals surface area contributed by atoms with Crippen LogP contribution in [0.25, 0.3) is 0 Å². The molecule has 16 heteroatoms. The van der Waals surface area contributed by atoms with Crippen molar-refractivity contribution >= 4 is 53.2 Å². The van der Waals surface area contributed by atoms with Crippen molar-refractivity contribution in [3.05, 3.63) is 0 Å². The van der Waals surface area contributed by atoms with E-state index >= 15 is 0 Å². The van der Waals surface area contributed by atoms with E-state index in [1.54, 1.807) is 6.26 Å². The largest absolute Gasteiger partial charge is 0.480 e. The number of carbonyl (C=O) groups is 7. The van der Waals surface area contributed by atoms with Crippen molar-refractivity contribution in [2.45, 2.75) is 12.5 Å². The molecule has 0 heterocycles. The Balaban J connectivity index is 4.46. The van der Waals surface area contributed by atoms with Gasteiger partial charge in [-0.15, -0.1) is 0 Å². The van der Waals surface area contributed by atoms with Crippen LogP contribution in [0.1, 0.15) is 6.42 Å². The molecule has 0 saturated carbocycles. The van der Waals surface area contributed by atoms with Crippen molar-refractivity contribution in [1.29, 1.82) is 0 Å². The first kappa shape index (κ1) is 29.6. The summed E-state index contributed by atoms with van der Waals surface area (Å²) in [6.45, 7) is -2.62. The molecule has 0 aromatic heterocycles. The Bertz CT molecular complexity index is 734. The number of carbonyl (C=O) groups excluding carboxylic acids is 6. The molecule has 0 bridgehead atoms. The topological polar surface area (TPSA) is 238 Å². The van der Waals surface area contributed by atoms with Crippen LogP contribution in [0.15, 0.2) is 0 Å². The van der Waals surface area contributed by atoms with E-state index in [-0.39, 0.29) is 19.5 Å². The first-order valence-electron chi connectivity index (χ1n) is 9.63. The van der Waals surface area contributed by atoms with E-state index in [1.165, 1.54) is 11.8 Å². The maximum atomic E-state index is 12.3. The summed E-state index contributed by atoms with van der Waals surface area (Å²) in [5.74, 6) is -4.60. The van der Waals surface area contributed by atoms with Crippen molar-refractivity contribution in [2.75, 3.05) is 51.3 Å². The lowest BCUT2D eigenvalue weighted by Crippen LogP contribution is -2.52. The third-order valence-corrected chi connectivity index (χ3v) is 4.29. The highest BCUT2D eigenvalue weighted by Crippen LogP contribution is 2.01. The van der Waals surface area contributed by atoms with Gasteiger partial charge in [-0.1, -0.05) is 0 Å². The molecule has 0 aliphatic rings. The number of carboxylic acid groups (broad SMARTS) is 1.